The Kier molecular flexibility index (Phi) is 9.30. The van der Waals surface area contributed by atoms with Crippen molar-refractivity contribution in [3.8, 4) is 34.5 Å². The van der Waals surface area contributed by atoms with Crippen molar-refractivity contribution in [3.63, 3.8) is 0 Å². The molecule has 226 valence electrons. The number of aliphatic hydroxyl groups excluding tert-OH is 2. The average molecular weight is 610 g/mol. The van der Waals surface area contributed by atoms with Gasteiger partial charge in [0.25, 0.3) is 0 Å². The first kappa shape index (κ1) is 32.5. The molecule has 0 fully saturated rings. The standard InChI is InChI=1S/C20H14F12O8/c1-35-15-9(37-17(21,22)23)3-7(4-10(15)38-18(24,25)26)13(33)14(34)8-5-11(39-19(27,28)29)16(36-2)12(6-8)40-20(30,31)32/h3-6,13-14,33-34H,1-2H3. The average Bonchev–Trinajstić information content (AvgIpc) is 2.73. The lowest BCUT2D eigenvalue weighted by molar-refractivity contribution is -0.279. The molecule has 0 aliphatic heterocycles. The van der Waals surface area contributed by atoms with E-state index in [4.69, 9.17) is 0 Å². The van der Waals surface area contributed by atoms with Crippen LogP contribution < -0.4 is 28.4 Å². The molecule has 2 aromatic carbocycles. The summed E-state index contributed by atoms with van der Waals surface area (Å²) in [5.41, 5.74) is -2.11. The first-order valence-electron chi connectivity index (χ1n) is 9.86. The number of halogens is 12. The van der Waals surface area contributed by atoms with E-state index in [9.17, 15) is 62.9 Å². The molecule has 0 amide bonds. The zero-order valence-corrected chi connectivity index (χ0v) is 19.3. The highest BCUT2D eigenvalue weighted by Crippen LogP contribution is 2.48. The highest BCUT2D eigenvalue weighted by Gasteiger charge is 2.40. The predicted molar refractivity (Wildman–Crippen MR) is 103 cm³/mol. The van der Waals surface area contributed by atoms with E-state index in [1.165, 1.54) is 0 Å². The third-order valence-corrected chi connectivity index (χ3v) is 4.38. The lowest BCUT2D eigenvalue weighted by atomic mass is 9.97. The number of benzene rings is 2. The number of aliphatic hydroxyl groups is 2. The van der Waals surface area contributed by atoms with E-state index in [2.05, 4.69) is 28.4 Å². The molecular formula is C20H14F12O8. The smallest absolute Gasteiger partial charge is 0.490 e. The van der Waals surface area contributed by atoms with Crippen molar-refractivity contribution in [1.29, 1.82) is 0 Å². The molecule has 8 nitrogen and oxygen atoms in total. The molecule has 2 atom stereocenters. The van der Waals surface area contributed by atoms with Crippen LogP contribution >= 0.6 is 0 Å². The van der Waals surface area contributed by atoms with Gasteiger partial charge in [0.15, 0.2) is 23.0 Å². The summed E-state index contributed by atoms with van der Waals surface area (Å²) in [6.07, 6.45) is -27.5. The molecule has 20 heteroatoms. The van der Waals surface area contributed by atoms with Gasteiger partial charge in [-0.2, -0.15) is 0 Å². The Hall–Kier alpha value is -3.68. The molecule has 2 rings (SSSR count). The quantitative estimate of drug-likeness (QED) is 0.331. The fourth-order valence-electron chi connectivity index (χ4n) is 3.10. The molecule has 0 aliphatic rings. The number of hydrogen-bond donors (Lipinski definition) is 2. The van der Waals surface area contributed by atoms with Crippen LogP contribution in [0.4, 0.5) is 52.7 Å². The first-order chi connectivity index (χ1) is 18.0. The van der Waals surface area contributed by atoms with E-state index in [1.54, 1.807) is 0 Å². The van der Waals surface area contributed by atoms with E-state index in [-0.39, 0.29) is 24.3 Å². The zero-order chi connectivity index (χ0) is 30.8. The summed E-state index contributed by atoms with van der Waals surface area (Å²) in [4.78, 5) is 0. The van der Waals surface area contributed by atoms with Gasteiger partial charge < -0.3 is 38.6 Å². The van der Waals surface area contributed by atoms with Gasteiger partial charge in [-0.3, -0.25) is 0 Å². The summed E-state index contributed by atoms with van der Waals surface area (Å²) in [7, 11) is 1.24. The molecule has 2 unspecified atom stereocenters. The number of hydrogen-bond acceptors (Lipinski definition) is 8. The van der Waals surface area contributed by atoms with Crippen LogP contribution in [-0.2, 0) is 0 Å². The van der Waals surface area contributed by atoms with Crippen LogP contribution in [0.1, 0.15) is 23.3 Å². The lowest BCUT2D eigenvalue weighted by Crippen LogP contribution is -2.22. The summed E-state index contributed by atoms with van der Waals surface area (Å²) in [6, 6.07) is 0.862. The molecule has 0 aromatic heterocycles. The molecule has 0 saturated heterocycles. The Morgan fingerprint density at radius 1 is 0.475 bits per heavy atom. The predicted octanol–water partition coefficient (Wildman–Crippen LogP) is 6.07. The number of ether oxygens (including phenoxy) is 6. The van der Waals surface area contributed by atoms with E-state index in [0.717, 1.165) is 0 Å². The highest BCUT2D eigenvalue weighted by molar-refractivity contribution is 5.56. The maximum absolute atomic E-state index is 12.8. The third-order valence-electron chi connectivity index (χ3n) is 4.38. The van der Waals surface area contributed by atoms with Crippen molar-refractivity contribution in [2.75, 3.05) is 14.2 Å². The van der Waals surface area contributed by atoms with E-state index in [1.807, 2.05) is 0 Å². The molecule has 40 heavy (non-hydrogen) atoms. The van der Waals surface area contributed by atoms with Gasteiger partial charge in [0, 0.05) is 0 Å². The van der Waals surface area contributed by atoms with Gasteiger partial charge in [-0.25, -0.2) is 0 Å². The fourth-order valence-corrected chi connectivity index (χ4v) is 3.10. The monoisotopic (exact) mass is 610 g/mol. The molecule has 0 bridgehead atoms. The Balaban J connectivity index is 2.71. The Morgan fingerprint density at radius 3 is 0.825 bits per heavy atom. The van der Waals surface area contributed by atoms with Gasteiger partial charge in [0.05, 0.1) is 14.2 Å². The van der Waals surface area contributed by atoms with Crippen LogP contribution in [0.15, 0.2) is 24.3 Å². The maximum Gasteiger partial charge on any atom is 0.573 e. The fraction of sp³-hybridized carbons (Fsp3) is 0.400. The summed E-state index contributed by atoms with van der Waals surface area (Å²) < 4.78 is 177. The number of rotatable bonds is 9. The molecule has 0 heterocycles. The third kappa shape index (κ3) is 9.21. The lowest BCUT2D eigenvalue weighted by Gasteiger charge is -2.24. The second-order valence-electron chi connectivity index (χ2n) is 7.18. The van der Waals surface area contributed by atoms with Gasteiger partial charge in [-0.15, -0.1) is 52.7 Å². The van der Waals surface area contributed by atoms with Crippen LogP contribution in [0.2, 0.25) is 0 Å². The maximum atomic E-state index is 12.8. The summed E-state index contributed by atoms with van der Waals surface area (Å²) in [5, 5.41) is 21.0. The van der Waals surface area contributed by atoms with Crippen LogP contribution in [-0.4, -0.2) is 49.9 Å². The first-order valence-corrected chi connectivity index (χ1v) is 9.86. The Labute approximate surface area is 214 Å². The largest absolute Gasteiger partial charge is 0.573 e. The van der Waals surface area contributed by atoms with Crippen molar-refractivity contribution >= 4 is 0 Å². The van der Waals surface area contributed by atoms with Crippen molar-refractivity contribution in [1.82, 2.24) is 0 Å². The summed E-state index contributed by atoms with van der Waals surface area (Å²) in [6.45, 7) is 0. The van der Waals surface area contributed by atoms with Crippen molar-refractivity contribution < 1.29 is 91.3 Å². The van der Waals surface area contributed by atoms with Gasteiger partial charge in [-0.1, -0.05) is 0 Å². The van der Waals surface area contributed by atoms with Crippen molar-refractivity contribution in [3.05, 3.63) is 35.4 Å². The van der Waals surface area contributed by atoms with Gasteiger partial charge in [0.1, 0.15) is 12.2 Å². The topological polar surface area (TPSA) is 95.8 Å². The van der Waals surface area contributed by atoms with Crippen molar-refractivity contribution in [2.24, 2.45) is 0 Å². The van der Waals surface area contributed by atoms with Gasteiger partial charge >= 0.3 is 25.4 Å². The minimum atomic E-state index is -5.55. The second kappa shape index (κ2) is 11.4. The minimum Gasteiger partial charge on any atom is -0.490 e. The van der Waals surface area contributed by atoms with Crippen LogP contribution in [0.3, 0.4) is 0 Å². The van der Waals surface area contributed by atoms with Crippen LogP contribution in [0.5, 0.6) is 34.5 Å². The molecule has 0 aliphatic carbocycles. The van der Waals surface area contributed by atoms with Crippen LogP contribution in [0.25, 0.3) is 0 Å². The molecular weight excluding hydrogens is 596 g/mol. The minimum absolute atomic E-state index is 0.215. The molecule has 0 saturated carbocycles. The Morgan fingerprint density at radius 2 is 0.675 bits per heavy atom. The number of alkyl halides is 12. The molecule has 2 aromatic rings. The molecule has 2 N–H and O–H groups in total. The second-order valence-corrected chi connectivity index (χ2v) is 7.18. The van der Waals surface area contributed by atoms with E-state index >= 15 is 0 Å². The highest BCUT2D eigenvalue weighted by atomic mass is 19.4. The van der Waals surface area contributed by atoms with E-state index in [0.29, 0.717) is 14.2 Å². The molecule has 0 spiro atoms. The Bertz CT molecular complexity index is 1010. The zero-order valence-electron chi connectivity index (χ0n) is 19.3. The number of methoxy groups -OCH3 is 2. The normalized spacial score (nSPS) is 14.3. The SMILES string of the molecule is COc1c(OC(F)(F)F)cc(C(O)C(O)c2cc(OC(F)(F)F)c(OC)c(OC(F)(F)F)c2)cc1OC(F)(F)F. The summed E-state index contributed by atoms with van der Waals surface area (Å²) >= 11 is 0. The van der Waals surface area contributed by atoms with E-state index < -0.39 is 83.3 Å². The van der Waals surface area contributed by atoms with Gasteiger partial charge in [-0.05, 0) is 35.4 Å². The molecule has 0 radical (unpaired) electrons. The van der Waals surface area contributed by atoms with Crippen molar-refractivity contribution in [2.45, 2.75) is 37.7 Å². The summed E-state index contributed by atoms with van der Waals surface area (Å²) in [5.74, 6) is -8.70. The van der Waals surface area contributed by atoms with Gasteiger partial charge in [0.2, 0.25) is 11.5 Å². The van der Waals surface area contributed by atoms with Crippen LogP contribution in [0, 0.1) is 0 Å².